The quantitative estimate of drug-likeness (QED) is 0.671. The summed E-state index contributed by atoms with van der Waals surface area (Å²) in [6, 6.07) is 0.220. The lowest BCUT2D eigenvalue weighted by Gasteiger charge is -2.33. The van der Waals surface area contributed by atoms with Crippen molar-refractivity contribution >= 4 is 0 Å². The van der Waals surface area contributed by atoms with E-state index in [9.17, 15) is 0 Å². The molecule has 0 bridgehead atoms. The molecular formula is C9H20N2O. The normalized spacial score (nSPS) is 28.8. The van der Waals surface area contributed by atoms with E-state index in [1.54, 1.807) is 0 Å². The maximum Gasteiger partial charge on any atom is 0.0853 e. The summed E-state index contributed by atoms with van der Waals surface area (Å²) in [5.74, 6) is 0. The molecule has 1 rings (SSSR count). The third-order valence-corrected chi connectivity index (χ3v) is 2.40. The monoisotopic (exact) mass is 172 g/mol. The lowest BCUT2D eigenvalue weighted by Crippen LogP contribution is -2.49. The molecule has 0 aromatic heterocycles. The number of ether oxygens (including phenoxy) is 1. The molecule has 0 aromatic rings. The Morgan fingerprint density at radius 1 is 1.67 bits per heavy atom. The van der Waals surface area contributed by atoms with E-state index in [-0.39, 0.29) is 12.1 Å². The second-order valence-electron chi connectivity index (χ2n) is 3.62. The molecule has 1 heterocycles. The number of likely N-dealkylation sites (N-methyl/N-ethyl adjacent to an activating group) is 1. The molecule has 72 valence electrons. The van der Waals surface area contributed by atoms with E-state index in [0.29, 0.717) is 0 Å². The molecule has 2 unspecified atom stereocenters. The first-order valence-electron chi connectivity index (χ1n) is 4.79. The summed E-state index contributed by atoms with van der Waals surface area (Å²) in [6.45, 7) is 5.02. The lowest BCUT2D eigenvalue weighted by molar-refractivity contribution is -0.0333. The van der Waals surface area contributed by atoms with Gasteiger partial charge in [0.05, 0.1) is 12.7 Å². The first-order valence-corrected chi connectivity index (χ1v) is 4.79. The Morgan fingerprint density at radius 2 is 2.42 bits per heavy atom. The lowest BCUT2D eigenvalue weighted by atomic mass is 10.1. The summed E-state index contributed by atoms with van der Waals surface area (Å²) in [4.78, 5) is 2.28. The summed E-state index contributed by atoms with van der Waals surface area (Å²) >= 11 is 0. The maximum absolute atomic E-state index is 5.97. The molecular weight excluding hydrogens is 152 g/mol. The predicted octanol–water partition coefficient (Wildman–Crippen LogP) is 0.444. The molecule has 0 amide bonds. The van der Waals surface area contributed by atoms with Crippen LogP contribution in [0.5, 0.6) is 0 Å². The van der Waals surface area contributed by atoms with Crippen LogP contribution in [-0.2, 0) is 4.74 Å². The van der Waals surface area contributed by atoms with Crippen molar-refractivity contribution in [3.05, 3.63) is 0 Å². The number of nitrogens with zero attached hydrogens (tertiary/aromatic N) is 1. The average molecular weight is 172 g/mol. The van der Waals surface area contributed by atoms with Gasteiger partial charge in [0.1, 0.15) is 0 Å². The van der Waals surface area contributed by atoms with Crippen LogP contribution in [0, 0.1) is 0 Å². The number of rotatable bonds is 3. The predicted molar refractivity (Wildman–Crippen MR) is 50.1 cm³/mol. The van der Waals surface area contributed by atoms with Crippen molar-refractivity contribution < 1.29 is 4.74 Å². The van der Waals surface area contributed by atoms with E-state index in [4.69, 9.17) is 10.5 Å². The van der Waals surface area contributed by atoms with Crippen LogP contribution in [0.3, 0.4) is 0 Å². The van der Waals surface area contributed by atoms with Crippen molar-refractivity contribution in [2.24, 2.45) is 5.73 Å². The molecule has 12 heavy (non-hydrogen) atoms. The van der Waals surface area contributed by atoms with Crippen molar-refractivity contribution in [1.82, 2.24) is 4.90 Å². The highest BCUT2D eigenvalue weighted by molar-refractivity contribution is 4.78. The van der Waals surface area contributed by atoms with Crippen molar-refractivity contribution in [1.29, 1.82) is 0 Å². The third-order valence-electron chi connectivity index (χ3n) is 2.40. The van der Waals surface area contributed by atoms with Crippen LogP contribution in [0.2, 0.25) is 0 Å². The Bertz CT molecular complexity index is 130. The van der Waals surface area contributed by atoms with Gasteiger partial charge in [-0.15, -0.1) is 0 Å². The van der Waals surface area contributed by atoms with Crippen molar-refractivity contribution in [2.45, 2.75) is 31.9 Å². The van der Waals surface area contributed by atoms with Gasteiger partial charge in [-0.2, -0.15) is 0 Å². The second-order valence-corrected chi connectivity index (χ2v) is 3.62. The Balaban J connectivity index is 2.29. The van der Waals surface area contributed by atoms with Crippen LogP contribution in [0.15, 0.2) is 0 Å². The molecule has 1 aliphatic heterocycles. The standard InChI is InChI=1S/C9H20N2O/c1-3-4-8(10)9-7-11(2)5-6-12-9/h8-9H,3-7,10H2,1-2H3. The van der Waals surface area contributed by atoms with Gasteiger partial charge in [-0.1, -0.05) is 13.3 Å². The van der Waals surface area contributed by atoms with Gasteiger partial charge in [0.25, 0.3) is 0 Å². The number of nitrogens with two attached hydrogens (primary N) is 1. The van der Waals surface area contributed by atoms with Gasteiger partial charge in [-0.05, 0) is 13.5 Å². The van der Waals surface area contributed by atoms with E-state index < -0.39 is 0 Å². The van der Waals surface area contributed by atoms with Gasteiger partial charge in [-0.25, -0.2) is 0 Å². The van der Waals surface area contributed by atoms with Crippen LogP contribution in [0.25, 0.3) is 0 Å². The zero-order valence-electron chi connectivity index (χ0n) is 8.12. The topological polar surface area (TPSA) is 38.5 Å². The van der Waals surface area contributed by atoms with E-state index >= 15 is 0 Å². The number of hydrogen-bond donors (Lipinski definition) is 1. The molecule has 0 aliphatic carbocycles. The highest BCUT2D eigenvalue weighted by atomic mass is 16.5. The molecule has 0 saturated carbocycles. The van der Waals surface area contributed by atoms with Gasteiger partial charge >= 0.3 is 0 Å². The Kier molecular flexibility index (Phi) is 3.98. The molecule has 3 nitrogen and oxygen atoms in total. The molecule has 0 aromatic carbocycles. The fraction of sp³-hybridized carbons (Fsp3) is 1.00. The molecule has 2 atom stereocenters. The first-order chi connectivity index (χ1) is 5.74. The minimum Gasteiger partial charge on any atom is -0.374 e. The summed E-state index contributed by atoms with van der Waals surface area (Å²) < 4.78 is 5.60. The highest BCUT2D eigenvalue weighted by Gasteiger charge is 2.22. The summed E-state index contributed by atoms with van der Waals surface area (Å²) in [7, 11) is 2.12. The largest absolute Gasteiger partial charge is 0.374 e. The van der Waals surface area contributed by atoms with Gasteiger partial charge in [-0.3, -0.25) is 0 Å². The van der Waals surface area contributed by atoms with Gasteiger partial charge in [0.15, 0.2) is 0 Å². The first kappa shape index (κ1) is 9.96. The molecule has 3 heteroatoms. The molecule has 0 radical (unpaired) electrons. The highest BCUT2D eigenvalue weighted by Crippen LogP contribution is 2.09. The number of morpholine rings is 1. The Labute approximate surface area is 74.9 Å². The van der Waals surface area contributed by atoms with Crippen LogP contribution >= 0.6 is 0 Å². The SMILES string of the molecule is CCCC(N)C1CN(C)CCO1. The van der Waals surface area contributed by atoms with E-state index in [2.05, 4.69) is 18.9 Å². The Hall–Kier alpha value is -0.120. The zero-order valence-corrected chi connectivity index (χ0v) is 8.12. The fourth-order valence-electron chi connectivity index (χ4n) is 1.59. The fourth-order valence-corrected chi connectivity index (χ4v) is 1.59. The minimum atomic E-state index is 0.220. The molecule has 0 spiro atoms. The third kappa shape index (κ3) is 2.73. The van der Waals surface area contributed by atoms with Gasteiger partial charge in [0, 0.05) is 19.1 Å². The van der Waals surface area contributed by atoms with Crippen molar-refractivity contribution in [3.8, 4) is 0 Å². The van der Waals surface area contributed by atoms with E-state index in [1.807, 2.05) is 0 Å². The van der Waals surface area contributed by atoms with Crippen LogP contribution in [0.4, 0.5) is 0 Å². The van der Waals surface area contributed by atoms with Crippen LogP contribution in [-0.4, -0.2) is 43.8 Å². The molecule has 2 N–H and O–H groups in total. The minimum absolute atomic E-state index is 0.220. The number of hydrogen-bond acceptors (Lipinski definition) is 3. The van der Waals surface area contributed by atoms with Gasteiger partial charge in [0.2, 0.25) is 0 Å². The zero-order chi connectivity index (χ0) is 8.97. The van der Waals surface area contributed by atoms with Gasteiger partial charge < -0.3 is 15.4 Å². The Morgan fingerprint density at radius 3 is 3.00 bits per heavy atom. The van der Waals surface area contributed by atoms with Crippen molar-refractivity contribution in [3.63, 3.8) is 0 Å². The summed E-state index contributed by atoms with van der Waals surface area (Å²) in [6.07, 6.45) is 2.46. The maximum atomic E-state index is 5.97. The summed E-state index contributed by atoms with van der Waals surface area (Å²) in [5, 5.41) is 0. The van der Waals surface area contributed by atoms with E-state index in [0.717, 1.165) is 32.5 Å². The summed E-state index contributed by atoms with van der Waals surface area (Å²) in [5.41, 5.74) is 5.97. The van der Waals surface area contributed by atoms with E-state index in [1.165, 1.54) is 0 Å². The average Bonchev–Trinajstić information content (AvgIpc) is 2.05. The van der Waals surface area contributed by atoms with Crippen LogP contribution < -0.4 is 5.73 Å². The smallest absolute Gasteiger partial charge is 0.0853 e. The van der Waals surface area contributed by atoms with Crippen LogP contribution in [0.1, 0.15) is 19.8 Å². The second kappa shape index (κ2) is 4.80. The van der Waals surface area contributed by atoms with Crippen molar-refractivity contribution in [2.75, 3.05) is 26.7 Å². The molecule has 1 aliphatic rings. The molecule has 1 fully saturated rings. The molecule has 1 saturated heterocycles.